The van der Waals surface area contributed by atoms with Crippen molar-refractivity contribution in [3.63, 3.8) is 0 Å². The summed E-state index contributed by atoms with van der Waals surface area (Å²) in [5.74, 6) is 0.575. The van der Waals surface area contributed by atoms with Crippen LogP contribution in [0.2, 0.25) is 0 Å². The fourth-order valence-corrected chi connectivity index (χ4v) is 2.27. The molecule has 17 heavy (non-hydrogen) atoms. The lowest BCUT2D eigenvalue weighted by molar-refractivity contribution is 0.273. The zero-order chi connectivity index (χ0) is 13.3. The van der Waals surface area contributed by atoms with Gasteiger partial charge in [0.1, 0.15) is 0 Å². The molecule has 0 aromatic carbocycles. The van der Waals surface area contributed by atoms with Crippen molar-refractivity contribution in [1.82, 2.24) is 0 Å². The minimum absolute atomic E-state index is 0.172. The van der Waals surface area contributed by atoms with Crippen molar-refractivity contribution < 1.29 is 0 Å². The lowest BCUT2D eigenvalue weighted by Gasteiger charge is -2.35. The van der Waals surface area contributed by atoms with Crippen LogP contribution in [-0.4, -0.2) is 0 Å². The number of hydrogen-bond donors (Lipinski definition) is 0. The first-order valence-electron chi connectivity index (χ1n) is 6.59. The third kappa shape index (κ3) is 4.77. The summed E-state index contributed by atoms with van der Waals surface area (Å²) < 4.78 is 0. The van der Waals surface area contributed by atoms with Crippen LogP contribution in [-0.2, 0) is 0 Å². The molecular formula is C17H28. The molecule has 0 N–H and O–H groups in total. The Bertz CT molecular complexity index is 279. The molecule has 0 saturated carbocycles. The molecule has 0 atom stereocenters. The molecule has 0 saturated heterocycles. The maximum atomic E-state index is 3.88. The summed E-state index contributed by atoms with van der Waals surface area (Å²) in [5, 5.41) is 0. The first kappa shape index (κ1) is 16.0. The second kappa shape index (κ2) is 8.11. The van der Waals surface area contributed by atoms with E-state index in [0.29, 0.717) is 5.92 Å². The van der Waals surface area contributed by atoms with E-state index in [1.807, 2.05) is 12.2 Å². The van der Waals surface area contributed by atoms with E-state index in [-0.39, 0.29) is 5.41 Å². The van der Waals surface area contributed by atoms with Gasteiger partial charge in [-0.25, -0.2) is 0 Å². The Balaban J connectivity index is 5.18. The van der Waals surface area contributed by atoms with Crippen molar-refractivity contribution in [3.05, 3.63) is 49.1 Å². The van der Waals surface area contributed by atoms with E-state index >= 15 is 0 Å². The summed E-state index contributed by atoms with van der Waals surface area (Å²) >= 11 is 0. The maximum absolute atomic E-state index is 3.88. The van der Waals surface area contributed by atoms with Crippen molar-refractivity contribution in [1.29, 1.82) is 0 Å². The van der Waals surface area contributed by atoms with Crippen molar-refractivity contribution in [2.75, 3.05) is 0 Å². The van der Waals surface area contributed by atoms with Gasteiger partial charge in [-0.1, -0.05) is 51.2 Å². The molecule has 0 heterocycles. The molecule has 0 aromatic rings. The van der Waals surface area contributed by atoms with Gasteiger partial charge >= 0.3 is 0 Å². The van der Waals surface area contributed by atoms with Crippen LogP contribution in [0.4, 0.5) is 0 Å². The predicted octanol–water partition coefficient (Wildman–Crippen LogP) is 5.69. The van der Waals surface area contributed by atoms with Gasteiger partial charge in [-0.05, 0) is 43.1 Å². The van der Waals surface area contributed by atoms with Gasteiger partial charge in [0.25, 0.3) is 0 Å². The Labute approximate surface area is 108 Å². The topological polar surface area (TPSA) is 0 Å². The molecule has 0 spiro atoms. The number of hydrogen-bond acceptors (Lipinski definition) is 0. The predicted molar refractivity (Wildman–Crippen MR) is 80.1 cm³/mol. The van der Waals surface area contributed by atoms with Crippen LogP contribution < -0.4 is 0 Å². The largest absolute Gasteiger partial charge is 0.103 e. The van der Waals surface area contributed by atoms with E-state index in [2.05, 4.69) is 59.1 Å². The monoisotopic (exact) mass is 232 g/mol. The molecule has 96 valence electrons. The van der Waals surface area contributed by atoms with Crippen molar-refractivity contribution >= 4 is 0 Å². The van der Waals surface area contributed by atoms with Crippen LogP contribution in [0, 0.1) is 11.3 Å². The molecule has 0 amide bonds. The van der Waals surface area contributed by atoms with Crippen LogP contribution in [0.1, 0.15) is 47.0 Å². The summed E-state index contributed by atoms with van der Waals surface area (Å²) in [4.78, 5) is 0. The summed E-state index contributed by atoms with van der Waals surface area (Å²) in [6, 6.07) is 0. The normalized spacial score (nSPS) is 13.4. The van der Waals surface area contributed by atoms with Gasteiger partial charge in [0.2, 0.25) is 0 Å². The molecule has 0 fully saturated rings. The standard InChI is InChI=1S/C17H28/c1-7-11-15(12-8-2)17(5,6)16(13-9-3)14-10-4/h7-9,13-15H,1-2,10-12H2,3-6H3/b13-9-,16-14+. The highest BCUT2D eigenvalue weighted by Gasteiger charge is 2.29. The van der Waals surface area contributed by atoms with Gasteiger partial charge in [-0.15, -0.1) is 13.2 Å². The van der Waals surface area contributed by atoms with E-state index in [1.165, 1.54) is 5.57 Å². The Morgan fingerprint density at radius 2 is 1.71 bits per heavy atom. The second-order valence-electron chi connectivity index (χ2n) is 5.04. The highest BCUT2D eigenvalue weighted by atomic mass is 14.3. The molecule has 0 radical (unpaired) electrons. The number of rotatable bonds is 8. The quantitative estimate of drug-likeness (QED) is 0.372. The third-order valence-electron chi connectivity index (χ3n) is 3.44. The molecule has 0 nitrogen and oxygen atoms in total. The summed E-state index contributed by atoms with van der Waals surface area (Å²) in [6.07, 6.45) is 13.9. The molecule has 0 aliphatic rings. The fraction of sp³-hybridized carbons (Fsp3) is 0.529. The Morgan fingerprint density at radius 1 is 1.18 bits per heavy atom. The number of allylic oxidation sites excluding steroid dienone is 6. The zero-order valence-corrected chi connectivity index (χ0v) is 12.0. The van der Waals surface area contributed by atoms with Crippen LogP contribution in [0.15, 0.2) is 49.1 Å². The minimum atomic E-state index is 0.172. The van der Waals surface area contributed by atoms with Crippen molar-refractivity contribution in [2.24, 2.45) is 11.3 Å². The average Bonchev–Trinajstić information content (AvgIpc) is 2.28. The van der Waals surface area contributed by atoms with Crippen molar-refractivity contribution in [3.8, 4) is 0 Å². The van der Waals surface area contributed by atoms with Gasteiger partial charge in [0, 0.05) is 0 Å². The average molecular weight is 232 g/mol. The van der Waals surface area contributed by atoms with Crippen LogP contribution in [0.25, 0.3) is 0 Å². The Kier molecular flexibility index (Phi) is 7.61. The zero-order valence-electron chi connectivity index (χ0n) is 12.0. The maximum Gasteiger partial charge on any atom is -0.00727 e. The Hall–Kier alpha value is -1.04. The Morgan fingerprint density at radius 3 is 2.06 bits per heavy atom. The second-order valence-corrected chi connectivity index (χ2v) is 5.04. The summed E-state index contributed by atoms with van der Waals surface area (Å²) in [6.45, 7) is 16.7. The molecule has 0 aliphatic heterocycles. The minimum Gasteiger partial charge on any atom is -0.103 e. The van der Waals surface area contributed by atoms with Crippen LogP contribution in [0.5, 0.6) is 0 Å². The van der Waals surface area contributed by atoms with Crippen molar-refractivity contribution in [2.45, 2.75) is 47.0 Å². The van der Waals surface area contributed by atoms with E-state index in [1.54, 1.807) is 0 Å². The summed E-state index contributed by atoms with van der Waals surface area (Å²) in [5.41, 5.74) is 1.60. The van der Waals surface area contributed by atoms with Gasteiger partial charge in [-0.3, -0.25) is 0 Å². The van der Waals surface area contributed by atoms with Gasteiger partial charge in [0.05, 0.1) is 0 Å². The third-order valence-corrected chi connectivity index (χ3v) is 3.44. The van der Waals surface area contributed by atoms with Crippen LogP contribution >= 0.6 is 0 Å². The molecule has 0 aromatic heterocycles. The summed E-state index contributed by atoms with van der Waals surface area (Å²) in [7, 11) is 0. The fourth-order valence-electron chi connectivity index (χ4n) is 2.27. The first-order valence-corrected chi connectivity index (χ1v) is 6.59. The highest BCUT2D eigenvalue weighted by molar-refractivity contribution is 5.26. The van der Waals surface area contributed by atoms with Gasteiger partial charge in [0.15, 0.2) is 0 Å². The van der Waals surface area contributed by atoms with E-state index in [4.69, 9.17) is 0 Å². The molecule has 0 rings (SSSR count). The van der Waals surface area contributed by atoms with E-state index in [0.717, 1.165) is 19.3 Å². The van der Waals surface area contributed by atoms with E-state index in [9.17, 15) is 0 Å². The SMILES string of the molecule is C=CCC(CC=C)C(C)(C)C(/C=C\C)=C/CC. The molecule has 0 aliphatic carbocycles. The lowest BCUT2D eigenvalue weighted by Crippen LogP contribution is -2.25. The molecule has 0 bridgehead atoms. The first-order chi connectivity index (χ1) is 8.04. The van der Waals surface area contributed by atoms with Gasteiger partial charge < -0.3 is 0 Å². The smallest absolute Gasteiger partial charge is 0.00727 e. The van der Waals surface area contributed by atoms with Crippen LogP contribution in [0.3, 0.4) is 0 Å². The lowest BCUT2D eigenvalue weighted by atomic mass is 9.69. The molecular weight excluding hydrogens is 204 g/mol. The molecule has 0 heteroatoms. The van der Waals surface area contributed by atoms with Gasteiger partial charge in [-0.2, -0.15) is 0 Å². The molecule has 0 unspecified atom stereocenters. The highest BCUT2D eigenvalue weighted by Crippen LogP contribution is 2.40. The van der Waals surface area contributed by atoms with E-state index < -0.39 is 0 Å².